The Hall–Kier alpha value is -0.160. The van der Waals surface area contributed by atoms with Crippen LogP contribution < -0.4 is 0 Å². The Morgan fingerprint density at radius 2 is 1.35 bits per heavy atom. The van der Waals surface area contributed by atoms with E-state index >= 15 is 0 Å². The molecule has 0 aromatic carbocycles. The molecule has 0 aromatic rings. The van der Waals surface area contributed by atoms with Gasteiger partial charge in [0.05, 0.1) is 0 Å². The molecule has 17 heavy (non-hydrogen) atoms. The van der Waals surface area contributed by atoms with E-state index < -0.39 is 11.6 Å². The Morgan fingerprint density at radius 1 is 0.824 bits per heavy atom. The minimum atomic E-state index is -0.468. The topological polar surface area (TPSA) is 36.9 Å². The lowest BCUT2D eigenvalue weighted by Crippen LogP contribution is -2.46. The van der Waals surface area contributed by atoms with E-state index in [0.29, 0.717) is 29.1 Å². The van der Waals surface area contributed by atoms with Crippen molar-refractivity contribution in [1.29, 1.82) is 0 Å². The second-order valence-corrected chi connectivity index (χ2v) is 7.08. The van der Waals surface area contributed by atoms with Gasteiger partial charge < -0.3 is 18.9 Å². The quantitative estimate of drug-likeness (QED) is 0.638. The highest BCUT2D eigenvalue weighted by molar-refractivity contribution is 5.27. The second kappa shape index (κ2) is 1.99. The third-order valence-electron chi connectivity index (χ3n) is 6.49. The van der Waals surface area contributed by atoms with Crippen molar-refractivity contribution in [3.63, 3.8) is 0 Å². The van der Waals surface area contributed by atoms with Crippen LogP contribution >= 0.6 is 0 Å². The van der Waals surface area contributed by atoms with Crippen LogP contribution in [0.1, 0.15) is 26.7 Å². The Kier molecular flexibility index (Phi) is 1.04. The Labute approximate surface area is 99.5 Å². The van der Waals surface area contributed by atoms with Crippen LogP contribution in [-0.2, 0) is 18.9 Å². The molecule has 2 saturated carbocycles. The van der Waals surface area contributed by atoms with Crippen LogP contribution in [0.5, 0.6) is 0 Å². The first-order chi connectivity index (χ1) is 8.08. The lowest BCUT2D eigenvalue weighted by molar-refractivity contribution is -0.407. The summed E-state index contributed by atoms with van der Waals surface area (Å²) < 4.78 is 24.4. The zero-order valence-electron chi connectivity index (χ0n) is 10.0. The number of hydrogen-bond donors (Lipinski definition) is 0. The summed E-state index contributed by atoms with van der Waals surface area (Å²) in [6, 6.07) is 0. The largest absolute Gasteiger partial charge is 0.323 e. The van der Waals surface area contributed by atoms with Crippen molar-refractivity contribution in [3.8, 4) is 0 Å². The minimum absolute atomic E-state index is 0.0800. The number of rotatable bonds is 0. The minimum Gasteiger partial charge on any atom is -0.323 e. The van der Waals surface area contributed by atoms with Gasteiger partial charge in [0.25, 0.3) is 0 Å². The molecule has 4 unspecified atom stereocenters. The lowest BCUT2D eigenvalue weighted by atomic mass is 9.81. The summed E-state index contributed by atoms with van der Waals surface area (Å²) in [5.41, 5.74) is 0.474. The van der Waals surface area contributed by atoms with Gasteiger partial charge >= 0.3 is 0 Å². The summed E-state index contributed by atoms with van der Waals surface area (Å²) in [7, 11) is 0. The first-order valence-electron chi connectivity index (χ1n) is 6.79. The molecule has 4 aliphatic heterocycles. The number of ether oxygens (including phenoxy) is 4. The molecule has 6 rings (SSSR count). The normalized spacial score (nSPS) is 75.2. The smallest absolute Gasteiger partial charge is 0.175 e. The standard InChI is InChI=1S/C13H16O4/c1-11-5-6-8-10(16-12(6,2)17-11)14-9(15-11)7(5)13(8)3-4-13/h5-10H,3-4H2,1-2H3/t5?,6?,7?,8?,9-,10+,11+,12-. The van der Waals surface area contributed by atoms with Crippen LogP contribution in [0.2, 0.25) is 0 Å². The third kappa shape index (κ3) is 0.640. The van der Waals surface area contributed by atoms with Gasteiger partial charge in [-0.05, 0) is 32.1 Å². The van der Waals surface area contributed by atoms with Gasteiger partial charge in [-0.25, -0.2) is 0 Å². The van der Waals surface area contributed by atoms with E-state index in [4.69, 9.17) is 18.9 Å². The van der Waals surface area contributed by atoms with Crippen molar-refractivity contribution in [3.05, 3.63) is 0 Å². The van der Waals surface area contributed by atoms with Crippen molar-refractivity contribution in [1.82, 2.24) is 0 Å². The van der Waals surface area contributed by atoms with Crippen LogP contribution in [0.15, 0.2) is 0 Å². The molecule has 2 bridgehead atoms. The van der Waals surface area contributed by atoms with Gasteiger partial charge in [0.15, 0.2) is 24.2 Å². The molecule has 92 valence electrons. The van der Waals surface area contributed by atoms with Gasteiger partial charge in [-0.3, -0.25) is 0 Å². The molecule has 6 fully saturated rings. The zero-order chi connectivity index (χ0) is 11.2. The molecular weight excluding hydrogens is 220 g/mol. The molecule has 1 spiro atoms. The first kappa shape index (κ1) is 8.86. The van der Waals surface area contributed by atoms with E-state index in [-0.39, 0.29) is 12.6 Å². The van der Waals surface area contributed by atoms with Crippen molar-refractivity contribution < 1.29 is 18.9 Å². The van der Waals surface area contributed by atoms with E-state index in [1.54, 1.807) is 0 Å². The molecule has 4 saturated heterocycles. The van der Waals surface area contributed by atoms with Crippen LogP contribution in [0.4, 0.5) is 0 Å². The molecule has 4 heteroatoms. The highest BCUT2D eigenvalue weighted by Crippen LogP contribution is 2.83. The summed E-state index contributed by atoms with van der Waals surface area (Å²) >= 11 is 0. The van der Waals surface area contributed by atoms with Crippen molar-refractivity contribution in [2.45, 2.75) is 50.8 Å². The maximum atomic E-state index is 6.18. The predicted octanol–water partition coefficient (Wildman–Crippen LogP) is 1.45. The molecule has 2 aliphatic carbocycles. The summed E-state index contributed by atoms with van der Waals surface area (Å²) in [5.74, 6) is 1.15. The molecule has 8 atom stereocenters. The van der Waals surface area contributed by atoms with Gasteiger partial charge in [0, 0.05) is 23.7 Å². The Balaban J connectivity index is 1.69. The Bertz CT molecular complexity index is 424. The van der Waals surface area contributed by atoms with E-state index in [9.17, 15) is 0 Å². The molecule has 0 amide bonds. The van der Waals surface area contributed by atoms with E-state index in [0.717, 1.165) is 0 Å². The molecule has 0 N–H and O–H groups in total. The van der Waals surface area contributed by atoms with Crippen LogP contribution in [-0.4, -0.2) is 24.2 Å². The van der Waals surface area contributed by atoms with Crippen LogP contribution in [0.25, 0.3) is 0 Å². The van der Waals surface area contributed by atoms with Crippen LogP contribution in [0.3, 0.4) is 0 Å². The maximum Gasteiger partial charge on any atom is 0.175 e. The average Bonchev–Trinajstić information content (AvgIpc) is 2.62. The summed E-state index contributed by atoms with van der Waals surface area (Å²) in [5, 5.41) is 0. The molecule has 0 aromatic heterocycles. The summed E-state index contributed by atoms with van der Waals surface area (Å²) in [6.45, 7) is 4.17. The highest BCUT2D eigenvalue weighted by Gasteiger charge is 2.88. The predicted molar refractivity (Wildman–Crippen MR) is 54.4 cm³/mol. The molecule has 4 nitrogen and oxygen atoms in total. The van der Waals surface area contributed by atoms with Crippen molar-refractivity contribution in [2.75, 3.05) is 0 Å². The number of hydrogen-bond acceptors (Lipinski definition) is 4. The van der Waals surface area contributed by atoms with Gasteiger partial charge in [-0.1, -0.05) is 0 Å². The van der Waals surface area contributed by atoms with Gasteiger partial charge in [0.1, 0.15) is 0 Å². The van der Waals surface area contributed by atoms with Crippen LogP contribution in [0, 0.1) is 29.1 Å². The fourth-order valence-electron chi connectivity index (χ4n) is 6.09. The monoisotopic (exact) mass is 236 g/mol. The molecule has 0 radical (unpaired) electrons. The maximum absolute atomic E-state index is 6.18. The summed E-state index contributed by atoms with van der Waals surface area (Å²) in [4.78, 5) is 0. The molecular formula is C13H16O4. The SMILES string of the molecule is C[C@]12O[C@H]3O[C@H]4O[C@](C)(O1)C1C4C4(CC4)C3C12. The fourth-order valence-corrected chi connectivity index (χ4v) is 6.09. The van der Waals surface area contributed by atoms with Gasteiger partial charge in [-0.2, -0.15) is 0 Å². The Morgan fingerprint density at radius 3 is 1.82 bits per heavy atom. The van der Waals surface area contributed by atoms with Gasteiger partial charge in [0.2, 0.25) is 0 Å². The third-order valence-corrected chi connectivity index (χ3v) is 6.49. The highest BCUT2D eigenvalue weighted by atomic mass is 16.9. The van der Waals surface area contributed by atoms with Crippen molar-refractivity contribution in [2.24, 2.45) is 29.1 Å². The lowest BCUT2D eigenvalue weighted by Gasteiger charge is -2.39. The van der Waals surface area contributed by atoms with E-state index in [1.807, 2.05) is 0 Å². The summed E-state index contributed by atoms with van der Waals surface area (Å²) in [6.07, 6.45) is 2.52. The van der Waals surface area contributed by atoms with E-state index in [1.165, 1.54) is 12.8 Å². The van der Waals surface area contributed by atoms with Gasteiger partial charge in [-0.15, -0.1) is 0 Å². The molecule has 6 aliphatic rings. The molecule has 4 heterocycles. The average molecular weight is 236 g/mol. The second-order valence-electron chi connectivity index (χ2n) is 7.08. The zero-order valence-corrected chi connectivity index (χ0v) is 10.0. The van der Waals surface area contributed by atoms with E-state index in [2.05, 4.69) is 13.8 Å². The first-order valence-corrected chi connectivity index (χ1v) is 6.79. The van der Waals surface area contributed by atoms with Crippen molar-refractivity contribution >= 4 is 0 Å². The fraction of sp³-hybridized carbons (Fsp3) is 1.00.